The second kappa shape index (κ2) is 3.56. The molecule has 14 heavy (non-hydrogen) atoms. The maximum Gasteiger partial charge on any atom is 0.254 e. The molecular weight excluding hydrogens is 176 g/mol. The molecule has 0 aromatic carbocycles. The van der Waals surface area contributed by atoms with Crippen molar-refractivity contribution < 1.29 is 0 Å². The van der Waals surface area contributed by atoms with Crippen LogP contribution in [-0.4, -0.2) is 9.97 Å². The third kappa shape index (κ3) is 2.69. The van der Waals surface area contributed by atoms with Gasteiger partial charge in [0.1, 0.15) is 5.82 Å². The number of H-pyrrole nitrogens is 1. The molecule has 0 aliphatic rings. The zero-order valence-electron chi connectivity index (χ0n) is 9.56. The molecule has 0 fully saturated rings. The largest absolute Gasteiger partial charge is 0.310 e. The highest BCUT2D eigenvalue weighted by atomic mass is 16.1. The minimum atomic E-state index is -0.0169. The Hall–Kier alpha value is -1.12. The Labute approximate surface area is 84.6 Å². The quantitative estimate of drug-likeness (QED) is 0.743. The summed E-state index contributed by atoms with van der Waals surface area (Å²) in [5.41, 5.74) is 1.67. The van der Waals surface area contributed by atoms with Gasteiger partial charge in [0.25, 0.3) is 5.56 Å². The van der Waals surface area contributed by atoms with E-state index < -0.39 is 0 Å². The predicted molar refractivity (Wildman–Crippen MR) is 57.5 cm³/mol. The Kier molecular flexibility index (Phi) is 2.79. The molecule has 3 heteroatoms. The monoisotopic (exact) mass is 194 g/mol. The maximum atomic E-state index is 11.5. The number of aryl methyl sites for hydroxylation is 1. The van der Waals surface area contributed by atoms with Gasteiger partial charge in [0.05, 0.1) is 0 Å². The maximum absolute atomic E-state index is 11.5. The van der Waals surface area contributed by atoms with E-state index in [-0.39, 0.29) is 11.0 Å². The van der Waals surface area contributed by atoms with E-state index in [9.17, 15) is 4.79 Å². The van der Waals surface area contributed by atoms with Gasteiger partial charge in [-0.3, -0.25) is 4.79 Å². The summed E-state index contributed by atoms with van der Waals surface area (Å²) in [5.74, 6) is 0.783. The van der Waals surface area contributed by atoms with Crippen molar-refractivity contribution in [3.63, 3.8) is 0 Å². The minimum Gasteiger partial charge on any atom is -0.310 e. The molecule has 1 heterocycles. The molecule has 0 radical (unpaired) electrons. The van der Waals surface area contributed by atoms with E-state index in [4.69, 9.17) is 0 Å². The fourth-order valence-corrected chi connectivity index (χ4v) is 1.29. The van der Waals surface area contributed by atoms with E-state index in [1.807, 2.05) is 6.92 Å². The number of nitrogens with one attached hydrogen (secondary N) is 1. The van der Waals surface area contributed by atoms with Crippen molar-refractivity contribution in [1.29, 1.82) is 0 Å². The number of nitrogens with zero attached hydrogens (tertiary/aromatic N) is 1. The van der Waals surface area contributed by atoms with Gasteiger partial charge in [-0.2, -0.15) is 0 Å². The molecule has 0 aliphatic carbocycles. The molecule has 0 atom stereocenters. The molecule has 0 unspecified atom stereocenters. The molecule has 0 aliphatic heterocycles. The number of rotatable bonds is 1. The zero-order valence-corrected chi connectivity index (χ0v) is 9.56. The van der Waals surface area contributed by atoms with Gasteiger partial charge in [0.2, 0.25) is 0 Å². The number of aromatic nitrogens is 2. The first-order chi connectivity index (χ1) is 6.29. The van der Waals surface area contributed by atoms with Crippen LogP contribution in [0.3, 0.4) is 0 Å². The first-order valence-electron chi connectivity index (χ1n) is 4.86. The average Bonchev–Trinajstić information content (AvgIpc) is 1.96. The highest BCUT2D eigenvalue weighted by Crippen LogP contribution is 2.17. The van der Waals surface area contributed by atoms with Gasteiger partial charge >= 0.3 is 0 Å². The van der Waals surface area contributed by atoms with Gasteiger partial charge in [0, 0.05) is 17.7 Å². The van der Waals surface area contributed by atoms with Crippen molar-refractivity contribution >= 4 is 0 Å². The molecule has 1 N–H and O–H groups in total. The molecule has 1 aromatic rings. The summed E-state index contributed by atoms with van der Waals surface area (Å²) in [4.78, 5) is 18.6. The molecule has 1 rings (SSSR count). The Morgan fingerprint density at radius 3 is 2.29 bits per heavy atom. The summed E-state index contributed by atoms with van der Waals surface area (Å²) in [7, 11) is 0. The van der Waals surface area contributed by atoms with Gasteiger partial charge in [-0.05, 0) is 19.3 Å². The molecule has 0 saturated carbocycles. The van der Waals surface area contributed by atoms with Crippen molar-refractivity contribution in [2.45, 2.75) is 41.0 Å². The fraction of sp³-hybridized carbons (Fsp3) is 0.636. The lowest BCUT2D eigenvalue weighted by Crippen LogP contribution is -2.20. The van der Waals surface area contributed by atoms with E-state index in [0.29, 0.717) is 5.56 Å². The summed E-state index contributed by atoms with van der Waals surface area (Å²) >= 11 is 0. The zero-order chi connectivity index (χ0) is 10.9. The number of hydrogen-bond acceptors (Lipinski definition) is 2. The van der Waals surface area contributed by atoms with Crippen LogP contribution in [-0.2, 0) is 6.42 Å². The van der Waals surface area contributed by atoms with E-state index >= 15 is 0 Å². The Bertz CT molecular complexity index is 385. The molecule has 0 spiro atoms. The van der Waals surface area contributed by atoms with Crippen LogP contribution in [0.5, 0.6) is 0 Å². The van der Waals surface area contributed by atoms with Crippen LogP contribution in [0.15, 0.2) is 4.79 Å². The molecule has 78 valence electrons. The van der Waals surface area contributed by atoms with Crippen LogP contribution in [0.25, 0.3) is 0 Å². The van der Waals surface area contributed by atoms with Crippen LogP contribution < -0.4 is 5.56 Å². The van der Waals surface area contributed by atoms with Gasteiger partial charge in [-0.1, -0.05) is 20.8 Å². The predicted octanol–water partition coefficient (Wildman–Crippen LogP) is 1.98. The highest BCUT2D eigenvalue weighted by molar-refractivity contribution is 5.14. The Morgan fingerprint density at radius 1 is 1.29 bits per heavy atom. The van der Waals surface area contributed by atoms with Gasteiger partial charge in [-0.15, -0.1) is 0 Å². The average molecular weight is 194 g/mol. The molecule has 1 aromatic heterocycles. The standard InChI is InChI=1S/C11H18N2O/c1-7-8(2)12-9(13-10(7)14)6-11(3,4)5/h6H2,1-5H3,(H,12,13,14). The normalized spacial score (nSPS) is 11.8. The summed E-state index contributed by atoms with van der Waals surface area (Å²) in [6.45, 7) is 10.0. The smallest absolute Gasteiger partial charge is 0.254 e. The first-order valence-corrected chi connectivity index (χ1v) is 4.86. The molecule has 3 nitrogen and oxygen atoms in total. The van der Waals surface area contributed by atoms with Crippen LogP contribution >= 0.6 is 0 Å². The second-order valence-corrected chi connectivity index (χ2v) is 4.96. The second-order valence-electron chi connectivity index (χ2n) is 4.96. The third-order valence-electron chi connectivity index (χ3n) is 2.14. The van der Waals surface area contributed by atoms with E-state index in [2.05, 4.69) is 30.7 Å². The first kappa shape index (κ1) is 11.0. The van der Waals surface area contributed by atoms with E-state index in [1.54, 1.807) is 6.92 Å². The summed E-state index contributed by atoms with van der Waals surface area (Å²) in [6.07, 6.45) is 0.795. The number of aromatic amines is 1. The SMILES string of the molecule is Cc1nc(CC(C)(C)C)[nH]c(=O)c1C. The molecule has 0 saturated heterocycles. The summed E-state index contributed by atoms with van der Waals surface area (Å²) < 4.78 is 0. The van der Waals surface area contributed by atoms with Crippen LogP contribution in [0, 0.1) is 19.3 Å². The van der Waals surface area contributed by atoms with Crippen LogP contribution in [0.4, 0.5) is 0 Å². The molecule has 0 bridgehead atoms. The van der Waals surface area contributed by atoms with Crippen molar-refractivity contribution in [3.8, 4) is 0 Å². The fourth-order valence-electron chi connectivity index (χ4n) is 1.29. The van der Waals surface area contributed by atoms with E-state index in [0.717, 1.165) is 17.9 Å². The molecular formula is C11H18N2O. The van der Waals surface area contributed by atoms with E-state index in [1.165, 1.54) is 0 Å². The minimum absolute atomic E-state index is 0.0169. The van der Waals surface area contributed by atoms with Crippen molar-refractivity contribution in [3.05, 3.63) is 27.4 Å². The Morgan fingerprint density at radius 2 is 1.86 bits per heavy atom. The van der Waals surface area contributed by atoms with Crippen molar-refractivity contribution in [2.24, 2.45) is 5.41 Å². The van der Waals surface area contributed by atoms with Gasteiger partial charge in [0.15, 0.2) is 0 Å². The van der Waals surface area contributed by atoms with Crippen LogP contribution in [0.2, 0.25) is 0 Å². The van der Waals surface area contributed by atoms with Crippen molar-refractivity contribution in [2.75, 3.05) is 0 Å². The lowest BCUT2D eigenvalue weighted by molar-refractivity contribution is 0.399. The van der Waals surface area contributed by atoms with Crippen molar-refractivity contribution in [1.82, 2.24) is 9.97 Å². The number of hydrogen-bond donors (Lipinski definition) is 1. The summed E-state index contributed by atoms with van der Waals surface area (Å²) in [6, 6.07) is 0. The lowest BCUT2D eigenvalue weighted by atomic mass is 9.92. The highest BCUT2D eigenvalue weighted by Gasteiger charge is 2.14. The summed E-state index contributed by atoms with van der Waals surface area (Å²) in [5, 5.41) is 0. The molecule has 0 amide bonds. The third-order valence-corrected chi connectivity index (χ3v) is 2.14. The van der Waals surface area contributed by atoms with Gasteiger partial charge < -0.3 is 4.98 Å². The lowest BCUT2D eigenvalue weighted by Gasteiger charge is -2.17. The topological polar surface area (TPSA) is 45.8 Å². The van der Waals surface area contributed by atoms with Crippen LogP contribution in [0.1, 0.15) is 37.9 Å². The Balaban J connectivity index is 3.08. The van der Waals surface area contributed by atoms with Gasteiger partial charge in [-0.25, -0.2) is 4.98 Å².